The number of nitrogens with zero attached hydrogens (tertiary/aromatic N) is 1. The van der Waals surface area contributed by atoms with Crippen LogP contribution >= 0.6 is 0 Å². The maximum absolute atomic E-state index is 12.1. The van der Waals surface area contributed by atoms with Gasteiger partial charge in [-0.25, -0.2) is 0 Å². The summed E-state index contributed by atoms with van der Waals surface area (Å²) < 4.78 is 11.8. The van der Waals surface area contributed by atoms with Crippen molar-refractivity contribution in [3.63, 3.8) is 0 Å². The number of aromatic nitrogens is 1. The standard InChI is InChI=1S/C27H36N2O3/c1-6-27(30,23-10-8-7-9-18(23)2)19(17-29(3)4)15-25-26-21(13-14-32-25)22-16-20(31-5)11-12-24(22)28-26/h7-12,16,19,25,28,30H,6,13-15,17H2,1-5H3. The Balaban J connectivity index is 1.72. The highest BCUT2D eigenvalue weighted by Crippen LogP contribution is 2.43. The van der Waals surface area contributed by atoms with Gasteiger partial charge in [0.15, 0.2) is 0 Å². The lowest BCUT2D eigenvalue weighted by molar-refractivity contribution is -0.0691. The van der Waals surface area contributed by atoms with Crippen LogP contribution in [0.1, 0.15) is 48.3 Å². The third-order valence-corrected chi connectivity index (χ3v) is 7.05. The number of rotatable bonds is 8. The third-order valence-electron chi connectivity index (χ3n) is 7.05. The zero-order valence-corrected chi connectivity index (χ0v) is 19.9. The molecule has 4 rings (SSSR count). The Labute approximate surface area is 191 Å². The van der Waals surface area contributed by atoms with E-state index in [2.05, 4.69) is 62.1 Å². The van der Waals surface area contributed by atoms with E-state index >= 15 is 0 Å². The minimum Gasteiger partial charge on any atom is -0.497 e. The summed E-state index contributed by atoms with van der Waals surface area (Å²) in [4.78, 5) is 5.79. The van der Waals surface area contributed by atoms with E-state index in [0.717, 1.165) is 47.5 Å². The fraction of sp³-hybridized carbons (Fsp3) is 0.481. The molecule has 32 heavy (non-hydrogen) atoms. The molecule has 5 heteroatoms. The maximum atomic E-state index is 12.1. The maximum Gasteiger partial charge on any atom is 0.119 e. The first-order chi connectivity index (χ1) is 15.4. The lowest BCUT2D eigenvalue weighted by Crippen LogP contribution is -2.42. The molecule has 2 N–H and O–H groups in total. The van der Waals surface area contributed by atoms with Crippen molar-refractivity contribution in [2.24, 2.45) is 5.92 Å². The lowest BCUT2D eigenvalue weighted by atomic mass is 9.74. The number of fused-ring (bicyclic) bond motifs is 3. The van der Waals surface area contributed by atoms with Gasteiger partial charge in [0.1, 0.15) is 5.75 Å². The molecule has 3 atom stereocenters. The molecule has 0 aliphatic carbocycles. The summed E-state index contributed by atoms with van der Waals surface area (Å²) in [7, 11) is 5.85. The Morgan fingerprint density at radius 2 is 2.03 bits per heavy atom. The van der Waals surface area contributed by atoms with Gasteiger partial charge >= 0.3 is 0 Å². The minimum absolute atomic E-state index is 0.0144. The predicted octanol–water partition coefficient (Wildman–Crippen LogP) is 4.96. The summed E-state index contributed by atoms with van der Waals surface area (Å²) in [6.45, 7) is 5.63. The van der Waals surface area contributed by atoms with Gasteiger partial charge < -0.3 is 24.5 Å². The van der Waals surface area contributed by atoms with Crippen molar-refractivity contribution >= 4 is 10.9 Å². The molecule has 172 valence electrons. The topological polar surface area (TPSA) is 57.7 Å². The number of hydrogen-bond acceptors (Lipinski definition) is 4. The molecule has 0 bridgehead atoms. The Hall–Kier alpha value is -2.34. The van der Waals surface area contributed by atoms with Crippen molar-refractivity contribution in [2.75, 3.05) is 34.4 Å². The monoisotopic (exact) mass is 436 g/mol. The van der Waals surface area contributed by atoms with Gasteiger partial charge in [0.25, 0.3) is 0 Å². The Bertz CT molecular complexity index is 1070. The third kappa shape index (κ3) is 4.17. The Morgan fingerprint density at radius 3 is 2.72 bits per heavy atom. The summed E-state index contributed by atoms with van der Waals surface area (Å²) in [6.07, 6.45) is 2.20. The smallest absolute Gasteiger partial charge is 0.119 e. The molecule has 3 aromatic rings. The second-order valence-corrected chi connectivity index (χ2v) is 9.33. The molecule has 0 saturated heterocycles. The highest BCUT2D eigenvalue weighted by atomic mass is 16.5. The van der Waals surface area contributed by atoms with Gasteiger partial charge in [-0.05, 0) is 75.2 Å². The van der Waals surface area contributed by atoms with Crippen molar-refractivity contribution in [1.82, 2.24) is 9.88 Å². The van der Waals surface area contributed by atoms with Crippen molar-refractivity contribution < 1.29 is 14.6 Å². The fourth-order valence-corrected chi connectivity index (χ4v) is 5.37. The molecular formula is C27H36N2O3. The van der Waals surface area contributed by atoms with Crippen LogP contribution in [0.15, 0.2) is 42.5 Å². The number of hydrogen-bond donors (Lipinski definition) is 2. The summed E-state index contributed by atoms with van der Waals surface area (Å²) >= 11 is 0. The van der Waals surface area contributed by atoms with Crippen LogP contribution in [-0.2, 0) is 16.8 Å². The molecule has 0 fully saturated rings. The van der Waals surface area contributed by atoms with Crippen LogP contribution in [0.5, 0.6) is 5.75 Å². The van der Waals surface area contributed by atoms with Gasteiger partial charge in [-0.3, -0.25) is 0 Å². The Kier molecular flexibility index (Phi) is 6.61. The van der Waals surface area contributed by atoms with Crippen molar-refractivity contribution in [1.29, 1.82) is 0 Å². The number of benzene rings is 2. The highest BCUT2D eigenvalue weighted by molar-refractivity contribution is 5.86. The highest BCUT2D eigenvalue weighted by Gasteiger charge is 2.41. The summed E-state index contributed by atoms with van der Waals surface area (Å²) in [6, 6.07) is 14.4. The first-order valence-corrected chi connectivity index (χ1v) is 11.6. The van der Waals surface area contributed by atoms with Gasteiger partial charge in [0.05, 0.1) is 25.4 Å². The molecule has 2 aromatic carbocycles. The molecule has 0 amide bonds. The zero-order valence-electron chi connectivity index (χ0n) is 19.9. The van der Waals surface area contributed by atoms with Gasteiger partial charge in [0, 0.05) is 29.1 Å². The van der Waals surface area contributed by atoms with Crippen molar-refractivity contribution in [2.45, 2.75) is 44.8 Å². The molecule has 0 saturated carbocycles. The van der Waals surface area contributed by atoms with Crippen LogP contribution in [0.4, 0.5) is 0 Å². The normalized spacial score (nSPS) is 19.0. The first-order valence-electron chi connectivity index (χ1n) is 11.6. The van der Waals surface area contributed by atoms with Crippen molar-refractivity contribution in [3.05, 3.63) is 64.8 Å². The SMILES string of the molecule is CCC(O)(c1ccccc1C)C(CC1OCCc2c1[nH]c1ccc(OC)cc21)CN(C)C. The van der Waals surface area contributed by atoms with Gasteiger partial charge in [0.2, 0.25) is 0 Å². The number of H-pyrrole nitrogens is 1. The first kappa shape index (κ1) is 22.8. The average Bonchev–Trinajstić information content (AvgIpc) is 3.17. The number of aryl methyl sites for hydroxylation is 1. The average molecular weight is 437 g/mol. The summed E-state index contributed by atoms with van der Waals surface area (Å²) in [5, 5.41) is 13.3. The van der Waals surface area contributed by atoms with Crippen LogP contribution in [0.3, 0.4) is 0 Å². The molecule has 1 aromatic heterocycles. The minimum atomic E-state index is -0.925. The Morgan fingerprint density at radius 1 is 1.25 bits per heavy atom. The lowest BCUT2D eigenvalue weighted by Gasteiger charge is -2.40. The predicted molar refractivity (Wildman–Crippen MR) is 129 cm³/mol. The molecule has 0 spiro atoms. The van der Waals surface area contributed by atoms with Crippen LogP contribution < -0.4 is 4.74 Å². The second-order valence-electron chi connectivity index (χ2n) is 9.33. The van der Waals surface area contributed by atoms with E-state index in [-0.39, 0.29) is 12.0 Å². The number of methoxy groups -OCH3 is 1. The summed E-state index contributed by atoms with van der Waals surface area (Å²) in [5.41, 5.74) is 4.79. The van der Waals surface area contributed by atoms with Gasteiger partial charge in [-0.15, -0.1) is 0 Å². The number of ether oxygens (including phenoxy) is 2. The van der Waals surface area contributed by atoms with E-state index in [1.807, 2.05) is 18.2 Å². The number of aliphatic hydroxyl groups is 1. The van der Waals surface area contributed by atoms with Crippen LogP contribution in [0.25, 0.3) is 10.9 Å². The van der Waals surface area contributed by atoms with E-state index in [0.29, 0.717) is 13.0 Å². The summed E-state index contributed by atoms with van der Waals surface area (Å²) in [5.74, 6) is 0.883. The fourth-order valence-electron chi connectivity index (χ4n) is 5.37. The van der Waals surface area contributed by atoms with Crippen LogP contribution in [-0.4, -0.2) is 49.3 Å². The van der Waals surface area contributed by atoms with Gasteiger partial charge in [-0.1, -0.05) is 31.2 Å². The van der Waals surface area contributed by atoms with E-state index in [9.17, 15) is 5.11 Å². The van der Waals surface area contributed by atoms with Crippen LogP contribution in [0, 0.1) is 12.8 Å². The largest absolute Gasteiger partial charge is 0.497 e. The number of nitrogens with one attached hydrogen (secondary N) is 1. The molecule has 1 aliphatic heterocycles. The van der Waals surface area contributed by atoms with Crippen LogP contribution in [0.2, 0.25) is 0 Å². The second kappa shape index (κ2) is 9.26. The van der Waals surface area contributed by atoms with Gasteiger partial charge in [-0.2, -0.15) is 0 Å². The quantitative estimate of drug-likeness (QED) is 0.524. The van der Waals surface area contributed by atoms with Crippen molar-refractivity contribution in [3.8, 4) is 5.75 Å². The molecule has 0 radical (unpaired) electrons. The molecular weight excluding hydrogens is 400 g/mol. The number of aromatic amines is 1. The van der Waals surface area contributed by atoms with E-state index in [4.69, 9.17) is 9.47 Å². The molecule has 3 unspecified atom stereocenters. The van der Waals surface area contributed by atoms with E-state index < -0.39 is 5.60 Å². The van der Waals surface area contributed by atoms with E-state index in [1.54, 1.807) is 7.11 Å². The van der Waals surface area contributed by atoms with E-state index in [1.165, 1.54) is 10.9 Å². The molecule has 1 aliphatic rings. The molecule has 5 nitrogen and oxygen atoms in total. The molecule has 2 heterocycles. The zero-order chi connectivity index (χ0) is 22.9.